The number of ether oxygens (including phenoxy) is 1. The van der Waals surface area contributed by atoms with Crippen LogP contribution in [-0.4, -0.2) is 39.1 Å². The molecule has 0 saturated heterocycles. The zero-order valence-electron chi connectivity index (χ0n) is 20.5. The third kappa shape index (κ3) is 5.56. The fourth-order valence-electron chi connectivity index (χ4n) is 5.84. The highest BCUT2D eigenvalue weighted by Gasteiger charge is 2.42. The van der Waals surface area contributed by atoms with E-state index in [4.69, 9.17) is 4.74 Å². The molecule has 4 atom stereocenters. The van der Waals surface area contributed by atoms with Crippen molar-refractivity contribution in [3.05, 3.63) is 66.0 Å². The van der Waals surface area contributed by atoms with E-state index in [0.29, 0.717) is 24.7 Å². The van der Waals surface area contributed by atoms with Crippen molar-refractivity contribution in [3.8, 4) is 11.4 Å². The highest BCUT2D eigenvalue weighted by Crippen LogP contribution is 2.49. The summed E-state index contributed by atoms with van der Waals surface area (Å²) in [5.41, 5.74) is 2.13. The number of amides is 1. The van der Waals surface area contributed by atoms with Crippen molar-refractivity contribution in [1.29, 1.82) is 0 Å². The minimum absolute atomic E-state index is 0.0659. The number of nitrogens with zero attached hydrogens (tertiary/aromatic N) is 3. The predicted octanol–water partition coefficient (Wildman–Crippen LogP) is 5.29. The summed E-state index contributed by atoms with van der Waals surface area (Å²) in [6.07, 6.45) is 6.00. The number of fused-ring (bicyclic) bond motifs is 2. The number of carbonyl (C=O) groups excluding carboxylic acids is 1. The van der Waals surface area contributed by atoms with Gasteiger partial charge in [0, 0.05) is 18.2 Å². The van der Waals surface area contributed by atoms with Gasteiger partial charge in [0.2, 0.25) is 5.91 Å². The lowest BCUT2D eigenvalue weighted by Crippen LogP contribution is -2.40. The standard InChI is InChI=1S/C28H34N4O2S/c1-3-34-24-13-11-23(12-14-24)32-26(17-20-7-5-4-6-8-20)30-31-28(32)35-18-27(33)29-19(2)25-16-21-9-10-22(25)15-21/h4-8,11-14,19,21-22,25H,3,9-10,15-18H2,1-2H3,(H,29,33)/t19-,21+,22+,25+/m1/s1. The molecule has 2 fully saturated rings. The van der Waals surface area contributed by atoms with Gasteiger partial charge in [0.15, 0.2) is 5.16 Å². The van der Waals surface area contributed by atoms with Crippen LogP contribution >= 0.6 is 11.8 Å². The van der Waals surface area contributed by atoms with E-state index in [1.54, 1.807) is 0 Å². The highest BCUT2D eigenvalue weighted by molar-refractivity contribution is 7.99. The van der Waals surface area contributed by atoms with E-state index in [0.717, 1.165) is 34.3 Å². The van der Waals surface area contributed by atoms with Gasteiger partial charge in [0.05, 0.1) is 12.4 Å². The molecule has 35 heavy (non-hydrogen) atoms. The van der Waals surface area contributed by atoms with Crippen molar-refractivity contribution in [3.63, 3.8) is 0 Å². The number of benzene rings is 2. The van der Waals surface area contributed by atoms with Gasteiger partial charge in [-0.2, -0.15) is 0 Å². The fourth-order valence-corrected chi connectivity index (χ4v) is 6.63. The van der Waals surface area contributed by atoms with Crippen LogP contribution in [0.15, 0.2) is 59.8 Å². The Morgan fingerprint density at radius 1 is 1.11 bits per heavy atom. The lowest BCUT2D eigenvalue weighted by Gasteiger charge is -2.28. The predicted molar refractivity (Wildman–Crippen MR) is 139 cm³/mol. The molecular formula is C28H34N4O2S. The van der Waals surface area contributed by atoms with Crippen molar-refractivity contribution in [2.75, 3.05) is 12.4 Å². The third-order valence-corrected chi connectivity index (χ3v) is 8.40. The largest absolute Gasteiger partial charge is 0.494 e. The molecule has 2 saturated carbocycles. The van der Waals surface area contributed by atoms with E-state index >= 15 is 0 Å². The highest BCUT2D eigenvalue weighted by atomic mass is 32.2. The van der Waals surface area contributed by atoms with Crippen LogP contribution in [0.25, 0.3) is 5.69 Å². The van der Waals surface area contributed by atoms with Gasteiger partial charge >= 0.3 is 0 Å². The normalized spacial score (nSPS) is 21.7. The molecule has 6 nitrogen and oxygen atoms in total. The molecule has 3 aromatic rings. The van der Waals surface area contributed by atoms with Crippen molar-refractivity contribution in [1.82, 2.24) is 20.1 Å². The minimum Gasteiger partial charge on any atom is -0.494 e. The van der Waals surface area contributed by atoms with Gasteiger partial charge in [-0.1, -0.05) is 48.5 Å². The van der Waals surface area contributed by atoms with Crippen LogP contribution in [-0.2, 0) is 11.2 Å². The van der Waals surface area contributed by atoms with Crippen LogP contribution < -0.4 is 10.1 Å². The van der Waals surface area contributed by atoms with E-state index in [-0.39, 0.29) is 11.9 Å². The van der Waals surface area contributed by atoms with Gasteiger partial charge in [-0.25, -0.2) is 0 Å². The maximum Gasteiger partial charge on any atom is 0.230 e. The summed E-state index contributed by atoms with van der Waals surface area (Å²) in [5.74, 6) is 4.38. The van der Waals surface area contributed by atoms with Gasteiger partial charge in [-0.15, -0.1) is 10.2 Å². The molecule has 0 spiro atoms. The summed E-state index contributed by atoms with van der Waals surface area (Å²) >= 11 is 1.44. The maximum absolute atomic E-state index is 12.8. The molecule has 1 N–H and O–H groups in total. The van der Waals surface area contributed by atoms with Gasteiger partial charge in [-0.05, 0) is 80.7 Å². The molecule has 7 heteroatoms. The molecule has 5 rings (SSSR count). The Hall–Kier alpha value is -2.80. The first kappa shape index (κ1) is 23.9. The summed E-state index contributed by atoms with van der Waals surface area (Å²) in [6.45, 7) is 4.78. The molecule has 0 aliphatic heterocycles. The van der Waals surface area contributed by atoms with Crippen LogP contribution in [0.3, 0.4) is 0 Å². The first-order valence-electron chi connectivity index (χ1n) is 12.7. The van der Waals surface area contributed by atoms with Crippen molar-refractivity contribution in [2.45, 2.75) is 57.1 Å². The van der Waals surface area contributed by atoms with Gasteiger partial charge in [-0.3, -0.25) is 9.36 Å². The maximum atomic E-state index is 12.8. The Bertz CT molecular complexity index is 1130. The summed E-state index contributed by atoms with van der Waals surface area (Å²) in [7, 11) is 0. The van der Waals surface area contributed by atoms with Crippen molar-refractivity contribution >= 4 is 17.7 Å². The van der Waals surface area contributed by atoms with Crippen molar-refractivity contribution < 1.29 is 9.53 Å². The lowest BCUT2D eigenvalue weighted by atomic mass is 9.84. The number of carbonyl (C=O) groups is 1. The van der Waals surface area contributed by atoms with Crippen LogP contribution in [0.2, 0.25) is 0 Å². The molecule has 2 aromatic carbocycles. The molecule has 2 aliphatic carbocycles. The summed E-state index contributed by atoms with van der Waals surface area (Å²) < 4.78 is 7.67. The summed E-state index contributed by atoms with van der Waals surface area (Å²) in [4.78, 5) is 12.8. The average molecular weight is 491 g/mol. The summed E-state index contributed by atoms with van der Waals surface area (Å²) in [6, 6.07) is 18.5. The quantitative estimate of drug-likeness (QED) is 0.391. The topological polar surface area (TPSA) is 69.0 Å². The zero-order valence-corrected chi connectivity index (χ0v) is 21.3. The number of thioether (sulfide) groups is 1. The van der Waals surface area contributed by atoms with Crippen LogP contribution in [0, 0.1) is 17.8 Å². The zero-order chi connectivity index (χ0) is 24.2. The van der Waals surface area contributed by atoms with E-state index in [1.807, 2.05) is 49.4 Å². The molecule has 1 amide bonds. The Balaban J connectivity index is 1.29. The lowest BCUT2D eigenvalue weighted by molar-refractivity contribution is -0.119. The molecule has 0 unspecified atom stereocenters. The van der Waals surface area contributed by atoms with Crippen LogP contribution in [0.4, 0.5) is 0 Å². The van der Waals surface area contributed by atoms with E-state index in [1.165, 1.54) is 43.0 Å². The molecule has 0 radical (unpaired) electrons. The Labute approximate surface area is 211 Å². The number of aromatic nitrogens is 3. The molecule has 184 valence electrons. The van der Waals surface area contributed by atoms with Gasteiger partial charge < -0.3 is 10.1 Å². The molecule has 1 aromatic heterocycles. The second-order valence-electron chi connectivity index (χ2n) is 9.81. The SMILES string of the molecule is CCOc1ccc(-n2c(Cc3ccccc3)nnc2SCC(=O)N[C@H](C)[C@@H]2C[C@H]3CC[C@H]2C3)cc1. The minimum atomic E-state index is 0.0659. The van der Waals surface area contributed by atoms with E-state index in [9.17, 15) is 4.79 Å². The first-order chi connectivity index (χ1) is 17.1. The smallest absolute Gasteiger partial charge is 0.230 e. The fraction of sp³-hybridized carbons (Fsp3) is 0.464. The number of nitrogens with one attached hydrogen (secondary N) is 1. The molecule has 2 aliphatic rings. The van der Waals surface area contributed by atoms with E-state index in [2.05, 4.69) is 39.1 Å². The molecule has 2 bridgehead atoms. The Morgan fingerprint density at radius 3 is 2.60 bits per heavy atom. The summed E-state index contributed by atoms with van der Waals surface area (Å²) in [5, 5.41) is 13.0. The van der Waals surface area contributed by atoms with Crippen LogP contribution in [0.5, 0.6) is 5.75 Å². The number of rotatable bonds is 10. The molecular weight excluding hydrogens is 456 g/mol. The van der Waals surface area contributed by atoms with Gasteiger partial charge in [0.25, 0.3) is 0 Å². The molecule has 1 heterocycles. The van der Waals surface area contributed by atoms with Gasteiger partial charge in [0.1, 0.15) is 11.6 Å². The van der Waals surface area contributed by atoms with Crippen molar-refractivity contribution in [2.24, 2.45) is 17.8 Å². The Morgan fingerprint density at radius 2 is 1.91 bits per heavy atom. The average Bonchev–Trinajstić information content (AvgIpc) is 3.60. The number of hydrogen-bond donors (Lipinski definition) is 1. The Kier molecular flexibility index (Phi) is 7.42. The van der Waals surface area contributed by atoms with E-state index < -0.39 is 0 Å². The third-order valence-electron chi connectivity index (χ3n) is 7.47. The first-order valence-corrected chi connectivity index (χ1v) is 13.7. The van der Waals surface area contributed by atoms with Crippen LogP contribution in [0.1, 0.15) is 50.9 Å². The number of hydrogen-bond acceptors (Lipinski definition) is 5. The monoisotopic (exact) mass is 490 g/mol. The second kappa shape index (κ2) is 10.9. The second-order valence-corrected chi connectivity index (χ2v) is 10.7.